The quantitative estimate of drug-likeness (QED) is 0.880. The molecule has 2 aromatic rings. The molecule has 1 aliphatic carbocycles. The molecule has 0 aliphatic heterocycles. The van der Waals surface area contributed by atoms with Crippen LogP contribution in [-0.2, 0) is 21.5 Å². The van der Waals surface area contributed by atoms with Crippen molar-refractivity contribution in [1.29, 1.82) is 0 Å². The Hall–Kier alpha value is -2.36. The van der Waals surface area contributed by atoms with Gasteiger partial charge in [-0.15, -0.1) is 0 Å². The fourth-order valence-corrected chi connectivity index (χ4v) is 2.97. The van der Waals surface area contributed by atoms with Crippen LogP contribution < -0.4 is 5.32 Å². The van der Waals surface area contributed by atoms with E-state index in [1.54, 1.807) is 18.2 Å². The van der Waals surface area contributed by atoms with Gasteiger partial charge in [-0.2, -0.15) is 0 Å². The third kappa shape index (κ3) is 2.17. The summed E-state index contributed by atoms with van der Waals surface area (Å²) in [5, 5.41) is 3.08. The summed E-state index contributed by atoms with van der Waals surface area (Å²) in [4.78, 5) is 12.4. The number of methoxy groups -OCH3 is 1. The Labute approximate surface area is 122 Å². The lowest BCUT2D eigenvalue weighted by Gasteiger charge is -2.30. The number of hydrogen-bond acceptors (Lipinski definition) is 3. The molecule has 108 valence electrons. The number of rotatable bonds is 3. The molecule has 3 rings (SSSR count). The highest BCUT2D eigenvalue weighted by Crippen LogP contribution is 2.40. The lowest BCUT2D eigenvalue weighted by atomic mass is 9.91. The van der Waals surface area contributed by atoms with Gasteiger partial charge in [-0.05, 0) is 36.1 Å². The molecule has 1 N–H and O–H groups in total. The number of aryl methyl sites for hydroxylation is 1. The number of hydrogen-bond donors (Lipinski definition) is 1. The van der Waals surface area contributed by atoms with Gasteiger partial charge in [-0.3, -0.25) is 0 Å². The van der Waals surface area contributed by atoms with E-state index in [9.17, 15) is 9.18 Å². The minimum Gasteiger partial charge on any atom is -0.467 e. The van der Waals surface area contributed by atoms with Crippen LogP contribution >= 0.6 is 0 Å². The van der Waals surface area contributed by atoms with Crippen molar-refractivity contribution in [2.24, 2.45) is 0 Å². The second-order valence-corrected chi connectivity index (χ2v) is 5.16. The Morgan fingerprint density at radius 3 is 2.67 bits per heavy atom. The first-order valence-electron chi connectivity index (χ1n) is 6.87. The molecule has 0 bridgehead atoms. The van der Waals surface area contributed by atoms with Crippen molar-refractivity contribution in [3.05, 3.63) is 65.5 Å². The maximum absolute atomic E-state index is 13.9. The Balaban J connectivity index is 2.08. The predicted octanol–water partition coefficient (Wildman–Crippen LogP) is 3.25. The average molecular weight is 285 g/mol. The van der Waals surface area contributed by atoms with Gasteiger partial charge in [-0.1, -0.05) is 36.4 Å². The van der Waals surface area contributed by atoms with Gasteiger partial charge in [0.15, 0.2) is 5.54 Å². The molecule has 1 unspecified atom stereocenters. The molecule has 2 aromatic carbocycles. The van der Waals surface area contributed by atoms with E-state index >= 15 is 0 Å². The highest BCUT2D eigenvalue weighted by Gasteiger charge is 2.46. The Morgan fingerprint density at radius 1 is 1.19 bits per heavy atom. The van der Waals surface area contributed by atoms with Crippen LogP contribution in [0.4, 0.5) is 10.1 Å². The minimum absolute atomic E-state index is 0.305. The maximum atomic E-state index is 13.9. The Bertz CT molecular complexity index is 686. The fourth-order valence-electron chi connectivity index (χ4n) is 2.97. The number of ether oxygens (including phenoxy) is 1. The molecular formula is C17H16FNO2. The number of benzene rings is 2. The zero-order valence-electron chi connectivity index (χ0n) is 11.7. The average Bonchev–Trinajstić information content (AvgIpc) is 2.89. The molecule has 0 saturated heterocycles. The molecule has 21 heavy (non-hydrogen) atoms. The fraction of sp³-hybridized carbons (Fsp3) is 0.235. The maximum Gasteiger partial charge on any atom is 0.336 e. The van der Waals surface area contributed by atoms with E-state index in [0.29, 0.717) is 12.1 Å². The molecule has 0 radical (unpaired) electrons. The summed E-state index contributed by atoms with van der Waals surface area (Å²) in [5.74, 6) is -0.777. The van der Waals surface area contributed by atoms with Crippen LogP contribution in [0, 0.1) is 5.82 Å². The molecule has 3 nitrogen and oxygen atoms in total. The number of para-hydroxylation sites is 1. The van der Waals surface area contributed by atoms with Gasteiger partial charge in [0.25, 0.3) is 0 Å². The molecule has 0 aromatic heterocycles. The number of halogens is 1. The topological polar surface area (TPSA) is 38.3 Å². The second kappa shape index (κ2) is 5.20. The number of carbonyl (C=O) groups is 1. The van der Waals surface area contributed by atoms with E-state index in [0.717, 1.165) is 17.5 Å². The molecular weight excluding hydrogens is 269 g/mol. The van der Waals surface area contributed by atoms with Gasteiger partial charge in [0.2, 0.25) is 0 Å². The molecule has 0 spiro atoms. The molecule has 0 fully saturated rings. The summed E-state index contributed by atoms with van der Waals surface area (Å²) in [5.41, 5.74) is 1.24. The van der Waals surface area contributed by atoms with Crippen molar-refractivity contribution in [2.75, 3.05) is 12.4 Å². The summed E-state index contributed by atoms with van der Waals surface area (Å²) < 4.78 is 18.9. The lowest BCUT2D eigenvalue weighted by molar-refractivity contribution is -0.146. The molecule has 1 aliphatic rings. The van der Waals surface area contributed by atoms with Gasteiger partial charge in [0.05, 0.1) is 12.8 Å². The summed E-state index contributed by atoms with van der Waals surface area (Å²) in [6.07, 6.45) is 1.31. The first-order chi connectivity index (χ1) is 10.2. The monoisotopic (exact) mass is 285 g/mol. The minimum atomic E-state index is -1.02. The van der Waals surface area contributed by atoms with Gasteiger partial charge >= 0.3 is 5.97 Å². The van der Waals surface area contributed by atoms with Gasteiger partial charge in [0, 0.05) is 0 Å². The third-order valence-electron chi connectivity index (χ3n) is 4.00. The van der Waals surface area contributed by atoms with Gasteiger partial charge in [0.1, 0.15) is 5.82 Å². The zero-order chi connectivity index (χ0) is 14.9. The molecule has 0 amide bonds. The van der Waals surface area contributed by atoms with E-state index < -0.39 is 11.5 Å². The van der Waals surface area contributed by atoms with Crippen LogP contribution in [0.1, 0.15) is 17.5 Å². The van der Waals surface area contributed by atoms with E-state index in [-0.39, 0.29) is 5.82 Å². The standard InChI is InChI=1S/C17H16FNO2/c1-21-16(20)17(19-15-9-5-4-8-14(15)18)11-10-12-6-2-3-7-13(12)17/h2-9,19H,10-11H2,1H3. The smallest absolute Gasteiger partial charge is 0.336 e. The van der Waals surface area contributed by atoms with Crippen molar-refractivity contribution in [3.63, 3.8) is 0 Å². The summed E-state index contributed by atoms with van der Waals surface area (Å²) >= 11 is 0. The highest BCUT2D eigenvalue weighted by atomic mass is 19.1. The SMILES string of the molecule is COC(=O)C1(Nc2ccccc2F)CCc2ccccc21. The number of carbonyl (C=O) groups excluding carboxylic acids is 1. The largest absolute Gasteiger partial charge is 0.467 e. The van der Waals surface area contributed by atoms with E-state index in [4.69, 9.17) is 4.74 Å². The number of nitrogens with one attached hydrogen (secondary N) is 1. The number of anilines is 1. The van der Waals surface area contributed by atoms with Crippen LogP contribution in [0.5, 0.6) is 0 Å². The van der Waals surface area contributed by atoms with E-state index in [2.05, 4.69) is 5.32 Å². The normalized spacial score (nSPS) is 19.9. The third-order valence-corrected chi connectivity index (χ3v) is 4.00. The molecule has 1 atom stereocenters. The van der Waals surface area contributed by atoms with Crippen molar-refractivity contribution in [3.8, 4) is 0 Å². The van der Waals surface area contributed by atoms with Crippen molar-refractivity contribution in [1.82, 2.24) is 0 Å². The highest BCUT2D eigenvalue weighted by molar-refractivity contribution is 5.88. The molecule has 0 heterocycles. The molecule has 0 saturated carbocycles. The predicted molar refractivity (Wildman–Crippen MR) is 78.5 cm³/mol. The van der Waals surface area contributed by atoms with Crippen molar-refractivity contribution >= 4 is 11.7 Å². The Morgan fingerprint density at radius 2 is 1.90 bits per heavy atom. The van der Waals surface area contributed by atoms with Crippen LogP contribution in [0.25, 0.3) is 0 Å². The van der Waals surface area contributed by atoms with E-state index in [1.807, 2.05) is 24.3 Å². The van der Waals surface area contributed by atoms with Gasteiger partial charge < -0.3 is 10.1 Å². The first kappa shape index (κ1) is 13.6. The summed E-state index contributed by atoms with van der Waals surface area (Å²) in [6, 6.07) is 14.1. The van der Waals surface area contributed by atoms with Crippen LogP contribution in [0.3, 0.4) is 0 Å². The van der Waals surface area contributed by atoms with Crippen LogP contribution in [0.15, 0.2) is 48.5 Å². The summed E-state index contributed by atoms with van der Waals surface area (Å²) in [7, 11) is 1.36. The lowest BCUT2D eigenvalue weighted by Crippen LogP contribution is -2.42. The van der Waals surface area contributed by atoms with Crippen molar-refractivity contribution < 1.29 is 13.9 Å². The van der Waals surface area contributed by atoms with Crippen molar-refractivity contribution in [2.45, 2.75) is 18.4 Å². The number of esters is 1. The Kier molecular flexibility index (Phi) is 3.37. The number of fused-ring (bicyclic) bond motifs is 1. The zero-order valence-corrected chi connectivity index (χ0v) is 11.7. The molecule has 4 heteroatoms. The second-order valence-electron chi connectivity index (χ2n) is 5.16. The summed E-state index contributed by atoms with van der Waals surface area (Å²) in [6.45, 7) is 0. The van der Waals surface area contributed by atoms with E-state index in [1.165, 1.54) is 13.2 Å². The van der Waals surface area contributed by atoms with Crippen LogP contribution in [0.2, 0.25) is 0 Å². The van der Waals surface area contributed by atoms with Gasteiger partial charge in [-0.25, -0.2) is 9.18 Å². The van der Waals surface area contributed by atoms with Crippen LogP contribution in [-0.4, -0.2) is 13.1 Å². The first-order valence-corrected chi connectivity index (χ1v) is 6.87.